The first kappa shape index (κ1) is 41.8. The molecule has 1 fully saturated rings. The molecule has 0 radical (unpaired) electrons. The first-order valence-corrected chi connectivity index (χ1v) is 18.8. The molecule has 3 heterocycles. The molecule has 7 atom stereocenters. The van der Waals surface area contributed by atoms with Gasteiger partial charge in [0, 0.05) is 17.6 Å². The van der Waals surface area contributed by atoms with Crippen molar-refractivity contribution in [3.63, 3.8) is 0 Å². The molecule has 22 nitrogen and oxygen atoms in total. The third-order valence-corrected chi connectivity index (χ3v) is 10.0. The maximum Gasteiger partial charge on any atom is 0.510 e. The molecule has 24 heteroatoms. The number of phosphoric acid groups is 2. The monoisotopic (exact) mass is 795 g/mol. The average Bonchev–Trinajstić information content (AvgIpc) is 3.56. The van der Waals surface area contributed by atoms with Gasteiger partial charge in [-0.3, -0.25) is 18.5 Å². The largest absolute Gasteiger partial charge is 0.510 e. The van der Waals surface area contributed by atoms with Crippen molar-refractivity contribution in [2.24, 2.45) is 0 Å². The van der Waals surface area contributed by atoms with Crippen LogP contribution < -0.4 is 11.2 Å². The molecule has 294 valence electrons. The number of rotatable bonds is 16. The first-order chi connectivity index (χ1) is 24.8. The third kappa shape index (κ3) is 11.3. The second kappa shape index (κ2) is 17.5. The van der Waals surface area contributed by atoms with Gasteiger partial charge in [0.05, 0.1) is 25.4 Å². The zero-order chi connectivity index (χ0) is 39.2. The molecule has 3 unspecified atom stereocenters. The molecule has 0 saturated carbocycles. The summed E-state index contributed by atoms with van der Waals surface area (Å²) in [6, 6.07) is 7.74. The summed E-state index contributed by atoms with van der Waals surface area (Å²) < 4.78 is 77.6. The molecule has 0 amide bonds. The molecular formula is C29H39N3O19P2. The van der Waals surface area contributed by atoms with Gasteiger partial charge in [-0.25, -0.2) is 32.6 Å². The van der Waals surface area contributed by atoms with Gasteiger partial charge < -0.3 is 43.3 Å². The van der Waals surface area contributed by atoms with Crippen LogP contribution in [0.5, 0.6) is 0 Å². The summed E-state index contributed by atoms with van der Waals surface area (Å²) in [5.41, 5.74) is -1.04. The van der Waals surface area contributed by atoms with Gasteiger partial charge in [0.1, 0.15) is 24.0 Å². The van der Waals surface area contributed by atoms with Gasteiger partial charge in [0.15, 0.2) is 11.8 Å². The van der Waals surface area contributed by atoms with E-state index in [1.807, 2.05) is 0 Å². The van der Waals surface area contributed by atoms with Gasteiger partial charge in [-0.15, -0.1) is 0 Å². The van der Waals surface area contributed by atoms with E-state index in [1.54, 1.807) is 24.3 Å². The SMILES string of the molecule is CC(C)OC(=O)OC(C)OP(=O)(OC(C)OC(=O)OC(C)C)OP(=O)(O)OC[C@H]1O[C@@H](n2ccc(=O)n(Cc3noc4ccccc34)c2=O)[C@@H](O)[C@H]1O. The molecule has 0 spiro atoms. The Kier molecular flexibility index (Phi) is 13.8. The Balaban J connectivity index is 1.47. The molecule has 53 heavy (non-hydrogen) atoms. The van der Waals surface area contributed by atoms with Crippen molar-refractivity contribution in [2.45, 2.75) is 97.4 Å². The van der Waals surface area contributed by atoms with E-state index in [-0.39, 0.29) is 12.2 Å². The van der Waals surface area contributed by atoms with Crippen molar-refractivity contribution >= 4 is 38.9 Å². The Morgan fingerprint density at radius 2 is 1.47 bits per heavy atom. The number of hydrogen-bond donors (Lipinski definition) is 3. The molecule has 1 aliphatic heterocycles. The van der Waals surface area contributed by atoms with Gasteiger partial charge in [0.2, 0.25) is 12.6 Å². The van der Waals surface area contributed by atoms with Crippen molar-refractivity contribution in [1.29, 1.82) is 0 Å². The maximum absolute atomic E-state index is 13.5. The molecule has 2 aromatic heterocycles. The average molecular weight is 796 g/mol. The first-order valence-electron chi connectivity index (χ1n) is 15.8. The Hall–Kier alpha value is -3.95. The standard InChI is InChI=1S/C29H39N3O19P2/c1-15(2)43-28(37)45-17(5)49-53(41,50-18(6)46-29(38)44-16(3)4)51-52(39,40)42-14-22-24(34)25(35)26(47-22)31-12-11-23(33)32(27(31)36)13-20-19-9-7-8-10-21(19)48-30-20/h7-12,15-18,22,24-26,34-35H,13-14H2,1-6H3,(H,39,40)/t17?,18?,22-,24+,25+,26-,53?/m1/s1. The number of benzene rings is 1. The zero-order valence-corrected chi connectivity index (χ0v) is 30.9. The summed E-state index contributed by atoms with van der Waals surface area (Å²) >= 11 is 0. The Labute approximate surface area is 300 Å². The van der Waals surface area contributed by atoms with E-state index in [4.69, 9.17) is 41.8 Å². The number of carbonyl (C=O) groups is 2. The number of aromatic nitrogens is 3. The van der Waals surface area contributed by atoms with Crippen molar-refractivity contribution in [1.82, 2.24) is 14.3 Å². The smallest absolute Gasteiger partial charge is 0.432 e. The van der Waals surface area contributed by atoms with Gasteiger partial charge >= 0.3 is 33.6 Å². The van der Waals surface area contributed by atoms with Crippen LogP contribution in [0, 0.1) is 0 Å². The van der Waals surface area contributed by atoms with Crippen molar-refractivity contribution < 1.29 is 79.9 Å². The van der Waals surface area contributed by atoms with E-state index in [0.717, 1.165) is 35.2 Å². The summed E-state index contributed by atoms with van der Waals surface area (Å²) in [5.74, 6) is 0. The van der Waals surface area contributed by atoms with E-state index in [1.165, 1.54) is 27.7 Å². The topological polar surface area (TPSA) is 282 Å². The minimum atomic E-state index is -5.57. The van der Waals surface area contributed by atoms with Crippen LogP contribution in [0.4, 0.5) is 9.59 Å². The second-order valence-electron chi connectivity index (χ2n) is 11.8. The lowest BCUT2D eigenvalue weighted by Gasteiger charge is -2.25. The normalized spacial score (nSPS) is 22.2. The van der Waals surface area contributed by atoms with E-state index >= 15 is 0 Å². The third-order valence-electron chi connectivity index (χ3n) is 6.82. The van der Waals surface area contributed by atoms with Crippen molar-refractivity contribution in [3.8, 4) is 0 Å². The second-order valence-corrected chi connectivity index (χ2v) is 15.0. The summed E-state index contributed by atoms with van der Waals surface area (Å²) in [6.45, 7) is 6.69. The highest BCUT2D eigenvalue weighted by atomic mass is 31.3. The maximum atomic E-state index is 13.5. The summed E-state index contributed by atoms with van der Waals surface area (Å²) in [6.07, 6.45) is -13.4. The van der Waals surface area contributed by atoms with Crippen LogP contribution >= 0.6 is 15.6 Å². The highest BCUT2D eigenvalue weighted by molar-refractivity contribution is 7.61. The quantitative estimate of drug-likeness (QED) is 0.107. The van der Waals surface area contributed by atoms with Crippen LogP contribution in [0.25, 0.3) is 11.0 Å². The molecule has 3 aromatic rings. The van der Waals surface area contributed by atoms with Crippen LogP contribution in [0.15, 0.2) is 50.6 Å². The van der Waals surface area contributed by atoms with Crippen LogP contribution in [-0.4, -0.2) is 91.4 Å². The van der Waals surface area contributed by atoms with E-state index in [2.05, 4.69) is 9.47 Å². The van der Waals surface area contributed by atoms with Crippen molar-refractivity contribution in [3.05, 3.63) is 63.1 Å². The van der Waals surface area contributed by atoms with Gasteiger partial charge in [-0.05, 0) is 53.7 Å². The minimum Gasteiger partial charge on any atom is -0.432 e. The number of carbonyl (C=O) groups excluding carboxylic acids is 2. The predicted molar refractivity (Wildman–Crippen MR) is 175 cm³/mol. The van der Waals surface area contributed by atoms with Gasteiger partial charge in [0.25, 0.3) is 5.56 Å². The molecule has 1 aliphatic rings. The molecule has 4 rings (SSSR count). The predicted octanol–water partition coefficient (Wildman–Crippen LogP) is 2.91. The van der Waals surface area contributed by atoms with Crippen LogP contribution in [-0.2, 0) is 57.2 Å². The van der Waals surface area contributed by atoms with Gasteiger partial charge in [-0.2, -0.15) is 4.31 Å². The van der Waals surface area contributed by atoms with E-state index < -0.39 is 95.1 Å². The number of aliphatic hydroxyl groups is 2. The molecule has 1 saturated heterocycles. The minimum absolute atomic E-state index is 0.258. The fraction of sp³-hybridized carbons (Fsp3) is 0.552. The fourth-order valence-electron chi connectivity index (χ4n) is 4.67. The number of para-hydroxylation sites is 1. The molecule has 0 bridgehead atoms. The highest BCUT2D eigenvalue weighted by Crippen LogP contribution is 2.64. The Morgan fingerprint density at radius 3 is 2.06 bits per heavy atom. The zero-order valence-electron chi connectivity index (χ0n) is 29.1. The van der Waals surface area contributed by atoms with Gasteiger partial charge in [-0.1, -0.05) is 17.3 Å². The molecule has 1 aromatic carbocycles. The highest BCUT2D eigenvalue weighted by Gasteiger charge is 2.47. The number of ether oxygens (including phenoxy) is 5. The lowest BCUT2D eigenvalue weighted by molar-refractivity contribution is -0.101. The molecule has 3 N–H and O–H groups in total. The van der Waals surface area contributed by atoms with Crippen LogP contribution in [0.2, 0.25) is 0 Å². The number of hydrogen-bond acceptors (Lipinski definition) is 19. The summed E-state index contributed by atoms with van der Waals surface area (Å²) in [4.78, 5) is 60.4. The molecule has 0 aliphatic carbocycles. The van der Waals surface area contributed by atoms with Crippen molar-refractivity contribution in [2.75, 3.05) is 6.61 Å². The lowest BCUT2D eigenvalue weighted by atomic mass is 10.1. The van der Waals surface area contributed by atoms with E-state index in [9.17, 15) is 43.4 Å². The lowest BCUT2D eigenvalue weighted by Crippen LogP contribution is -2.43. The van der Waals surface area contributed by atoms with Crippen LogP contribution in [0.1, 0.15) is 53.5 Å². The van der Waals surface area contributed by atoms with Crippen LogP contribution in [0.3, 0.4) is 0 Å². The number of fused-ring (bicyclic) bond motifs is 1. The summed E-state index contributed by atoms with van der Waals surface area (Å²) in [7, 11) is -11.0. The number of aliphatic hydroxyl groups excluding tert-OH is 2. The number of phosphoric ester groups is 2. The number of nitrogens with zero attached hydrogens (tertiary/aromatic N) is 3. The Bertz CT molecular complexity index is 1920. The van der Waals surface area contributed by atoms with E-state index in [0.29, 0.717) is 11.0 Å². The molecular weight excluding hydrogens is 756 g/mol. The fourth-order valence-corrected chi connectivity index (χ4v) is 7.37. The Morgan fingerprint density at radius 1 is 0.887 bits per heavy atom. The summed E-state index contributed by atoms with van der Waals surface area (Å²) in [5, 5.41) is 25.9.